The Morgan fingerprint density at radius 1 is 1.04 bits per heavy atom. The van der Waals surface area contributed by atoms with Gasteiger partial charge in [-0.3, -0.25) is 4.99 Å². The summed E-state index contributed by atoms with van der Waals surface area (Å²) < 4.78 is 0.649. The largest absolute Gasteiger partial charge is 0.506 e. The molecule has 134 valence electrons. The Hall–Kier alpha value is -2.71. The Kier molecular flexibility index (Phi) is 4.67. The molecular weight excluding hydrogens is 476 g/mol. The minimum Gasteiger partial charge on any atom is -0.506 e. The van der Waals surface area contributed by atoms with Crippen LogP contribution in [0.3, 0.4) is 0 Å². The van der Waals surface area contributed by atoms with Crippen LogP contribution < -0.4 is 0 Å². The Labute approximate surface area is 170 Å². The van der Waals surface area contributed by atoms with Gasteiger partial charge in [0.1, 0.15) is 21.8 Å². The summed E-state index contributed by atoms with van der Waals surface area (Å²) in [6.07, 6.45) is 3.11. The molecule has 0 aliphatic rings. The molecule has 0 aliphatic carbocycles. The summed E-state index contributed by atoms with van der Waals surface area (Å²) >= 11 is 6.38. The molecule has 27 heavy (non-hydrogen) atoms. The number of nitrogens with zero attached hydrogens (tertiary/aromatic N) is 3. The van der Waals surface area contributed by atoms with Crippen molar-refractivity contribution in [1.82, 2.24) is 15.0 Å². The molecule has 2 aromatic heterocycles. The standard InChI is InChI=1S/C19H12Br2N4O2/c20-13-6-11(16(26)15(21)17(13)27)8-22-12-7-14-19(23-9-12)25-18(24-14)10-4-2-1-3-5-10/h1-9,26-27H,(H,23,24,25). The lowest BCUT2D eigenvalue weighted by Crippen LogP contribution is -1.86. The number of benzene rings is 2. The first-order valence-corrected chi connectivity index (χ1v) is 9.46. The third-order valence-electron chi connectivity index (χ3n) is 3.92. The molecule has 4 rings (SSSR count). The van der Waals surface area contributed by atoms with E-state index in [4.69, 9.17) is 0 Å². The number of pyridine rings is 1. The highest BCUT2D eigenvalue weighted by molar-refractivity contribution is 9.11. The number of aromatic nitrogens is 3. The van der Waals surface area contributed by atoms with Gasteiger partial charge in [0.25, 0.3) is 0 Å². The van der Waals surface area contributed by atoms with E-state index in [1.807, 2.05) is 36.4 Å². The van der Waals surface area contributed by atoms with Crippen LogP contribution in [0.2, 0.25) is 0 Å². The highest BCUT2D eigenvalue weighted by Crippen LogP contribution is 2.40. The van der Waals surface area contributed by atoms with E-state index in [1.54, 1.807) is 12.3 Å². The van der Waals surface area contributed by atoms with E-state index in [0.29, 0.717) is 21.4 Å². The van der Waals surface area contributed by atoms with Crippen molar-refractivity contribution in [2.45, 2.75) is 0 Å². The average molecular weight is 488 g/mol. The second kappa shape index (κ2) is 7.13. The van der Waals surface area contributed by atoms with Gasteiger partial charge in [-0.2, -0.15) is 0 Å². The zero-order chi connectivity index (χ0) is 19.0. The molecule has 0 unspecified atom stereocenters. The molecule has 0 fully saturated rings. The number of aromatic hydroxyl groups is 2. The van der Waals surface area contributed by atoms with Crippen LogP contribution in [-0.2, 0) is 0 Å². The summed E-state index contributed by atoms with van der Waals surface area (Å²) in [7, 11) is 0. The number of hydrogen-bond acceptors (Lipinski definition) is 5. The molecule has 6 nitrogen and oxygen atoms in total. The Bertz CT molecular complexity index is 1170. The molecule has 3 N–H and O–H groups in total. The van der Waals surface area contributed by atoms with E-state index in [2.05, 4.69) is 51.8 Å². The maximum Gasteiger partial charge on any atom is 0.178 e. The number of phenols is 2. The quantitative estimate of drug-likeness (QED) is 0.341. The minimum absolute atomic E-state index is 0.0707. The number of halogens is 2. The summed E-state index contributed by atoms with van der Waals surface area (Å²) in [4.78, 5) is 16.4. The van der Waals surface area contributed by atoms with Crippen molar-refractivity contribution >= 4 is 54.9 Å². The van der Waals surface area contributed by atoms with Crippen molar-refractivity contribution in [3.05, 3.63) is 63.2 Å². The summed E-state index contributed by atoms with van der Waals surface area (Å²) in [6, 6.07) is 13.2. The number of imidazole rings is 1. The normalized spacial score (nSPS) is 11.5. The lowest BCUT2D eigenvalue weighted by Gasteiger charge is -2.06. The zero-order valence-electron chi connectivity index (χ0n) is 13.7. The summed E-state index contributed by atoms with van der Waals surface area (Å²) in [5, 5.41) is 19.9. The number of fused-ring (bicyclic) bond motifs is 1. The number of aromatic amines is 1. The van der Waals surface area contributed by atoms with E-state index in [-0.39, 0.29) is 16.0 Å². The molecule has 8 heteroatoms. The predicted octanol–water partition coefficient (Wildman–Crippen LogP) is 5.31. The van der Waals surface area contributed by atoms with Gasteiger partial charge < -0.3 is 15.2 Å². The first-order valence-electron chi connectivity index (χ1n) is 7.88. The van der Waals surface area contributed by atoms with Gasteiger partial charge in [-0.25, -0.2) is 9.97 Å². The van der Waals surface area contributed by atoms with E-state index >= 15 is 0 Å². The monoisotopic (exact) mass is 486 g/mol. The molecule has 0 spiro atoms. The summed E-state index contributed by atoms with van der Waals surface area (Å²) in [6.45, 7) is 0. The fourth-order valence-electron chi connectivity index (χ4n) is 2.55. The van der Waals surface area contributed by atoms with Crippen LogP contribution in [0.4, 0.5) is 5.69 Å². The smallest absolute Gasteiger partial charge is 0.178 e. The lowest BCUT2D eigenvalue weighted by atomic mass is 10.2. The third-order valence-corrected chi connectivity index (χ3v) is 5.28. The van der Waals surface area contributed by atoms with Crippen molar-refractivity contribution in [3.63, 3.8) is 0 Å². The topological polar surface area (TPSA) is 94.4 Å². The molecule has 2 heterocycles. The summed E-state index contributed by atoms with van der Waals surface area (Å²) in [5.74, 6) is 0.572. The average Bonchev–Trinajstić information content (AvgIpc) is 3.12. The molecule has 2 aromatic carbocycles. The number of H-pyrrole nitrogens is 1. The number of aliphatic imine (C=N–C) groups is 1. The van der Waals surface area contributed by atoms with Crippen molar-refractivity contribution in [2.75, 3.05) is 0 Å². The van der Waals surface area contributed by atoms with Gasteiger partial charge in [0, 0.05) is 17.3 Å². The zero-order valence-corrected chi connectivity index (χ0v) is 16.9. The van der Waals surface area contributed by atoms with Crippen molar-refractivity contribution in [3.8, 4) is 22.9 Å². The Morgan fingerprint density at radius 2 is 1.81 bits per heavy atom. The summed E-state index contributed by atoms with van der Waals surface area (Å²) in [5.41, 5.74) is 3.39. The fraction of sp³-hybridized carbons (Fsp3) is 0. The highest BCUT2D eigenvalue weighted by Gasteiger charge is 2.13. The van der Waals surface area contributed by atoms with Gasteiger partial charge >= 0.3 is 0 Å². The SMILES string of the molecule is Oc1c(Br)cc(C=Nc2cnc3nc(-c4ccccc4)[nH]c3c2)c(O)c1Br. The second-order valence-corrected chi connectivity index (χ2v) is 7.38. The predicted molar refractivity (Wildman–Crippen MR) is 112 cm³/mol. The van der Waals surface area contributed by atoms with Crippen molar-refractivity contribution in [1.29, 1.82) is 0 Å². The molecule has 0 saturated heterocycles. The van der Waals surface area contributed by atoms with Crippen molar-refractivity contribution in [2.24, 2.45) is 4.99 Å². The molecule has 4 aromatic rings. The molecular formula is C19H12Br2N4O2. The van der Waals surface area contributed by atoms with E-state index in [1.165, 1.54) is 6.21 Å². The van der Waals surface area contributed by atoms with Crippen LogP contribution >= 0.6 is 31.9 Å². The first-order chi connectivity index (χ1) is 13.0. The van der Waals surface area contributed by atoms with E-state index < -0.39 is 0 Å². The molecule has 0 bridgehead atoms. The number of phenolic OH excluding ortho intramolecular Hbond substituents is 2. The maximum absolute atomic E-state index is 10.1. The van der Waals surface area contributed by atoms with Gasteiger partial charge in [0.05, 0.1) is 21.9 Å². The van der Waals surface area contributed by atoms with Gasteiger partial charge in [0.15, 0.2) is 5.65 Å². The second-order valence-electron chi connectivity index (χ2n) is 5.73. The van der Waals surface area contributed by atoms with E-state index in [0.717, 1.165) is 16.9 Å². The number of hydrogen-bond donors (Lipinski definition) is 3. The van der Waals surface area contributed by atoms with Crippen LogP contribution in [0.25, 0.3) is 22.6 Å². The van der Waals surface area contributed by atoms with Crippen molar-refractivity contribution < 1.29 is 10.2 Å². The maximum atomic E-state index is 10.1. The van der Waals surface area contributed by atoms with Gasteiger partial charge in [-0.15, -0.1) is 0 Å². The van der Waals surface area contributed by atoms with Gasteiger partial charge in [-0.05, 0) is 44.0 Å². The first kappa shape index (κ1) is 17.7. The third kappa shape index (κ3) is 3.45. The number of rotatable bonds is 3. The minimum atomic E-state index is -0.0959. The van der Waals surface area contributed by atoms with Crippen LogP contribution in [0.15, 0.2) is 62.6 Å². The van der Waals surface area contributed by atoms with Crippen LogP contribution in [0.1, 0.15) is 5.56 Å². The van der Waals surface area contributed by atoms with Gasteiger partial charge in [-0.1, -0.05) is 30.3 Å². The van der Waals surface area contributed by atoms with Crippen LogP contribution in [-0.4, -0.2) is 31.4 Å². The molecule has 0 amide bonds. The molecule has 0 atom stereocenters. The Balaban J connectivity index is 1.68. The van der Waals surface area contributed by atoms with Crippen LogP contribution in [0.5, 0.6) is 11.5 Å². The highest BCUT2D eigenvalue weighted by atomic mass is 79.9. The fourth-order valence-corrected chi connectivity index (χ4v) is 3.71. The van der Waals surface area contributed by atoms with Gasteiger partial charge in [0.2, 0.25) is 0 Å². The lowest BCUT2D eigenvalue weighted by molar-refractivity contribution is 0.442. The molecule has 0 saturated carbocycles. The van der Waals surface area contributed by atoms with Crippen LogP contribution in [0, 0.1) is 0 Å². The molecule has 0 radical (unpaired) electrons. The van der Waals surface area contributed by atoms with E-state index in [9.17, 15) is 10.2 Å². The Morgan fingerprint density at radius 3 is 2.59 bits per heavy atom. The molecule has 0 aliphatic heterocycles. The number of nitrogens with one attached hydrogen (secondary N) is 1.